The second-order valence-electron chi connectivity index (χ2n) is 5.08. The molecule has 0 aromatic heterocycles. The number of rotatable bonds is 5. The van der Waals surface area contributed by atoms with Crippen LogP contribution in [0.5, 0.6) is 5.75 Å². The van der Waals surface area contributed by atoms with Gasteiger partial charge in [0.15, 0.2) is 6.10 Å². The van der Waals surface area contributed by atoms with Crippen LogP contribution in [-0.4, -0.2) is 22.8 Å². The summed E-state index contributed by atoms with van der Waals surface area (Å²) in [5.74, 6) is -1.83. The second kappa shape index (κ2) is 8.26. The number of nitro benzene ring substituents is 1. The van der Waals surface area contributed by atoms with Gasteiger partial charge in [0.2, 0.25) is 0 Å². The molecule has 26 heavy (non-hydrogen) atoms. The van der Waals surface area contributed by atoms with E-state index in [1.165, 1.54) is 37.3 Å². The summed E-state index contributed by atoms with van der Waals surface area (Å²) in [5, 5.41) is 11.1. The summed E-state index contributed by atoms with van der Waals surface area (Å²) >= 11 is 5.74. The number of hydrogen-bond donors (Lipinski definition) is 2. The topological polar surface area (TPSA) is 111 Å². The van der Waals surface area contributed by atoms with E-state index >= 15 is 0 Å². The monoisotopic (exact) mass is 381 g/mol. The summed E-state index contributed by atoms with van der Waals surface area (Å²) in [5.41, 5.74) is 3.38. The standard InChI is InChI=1S/C16H13ClFN3O5/c1-9(26-12-5-3-11(18)4-6-12)15(22)19-20-16(23)13-8-10(17)2-7-14(13)21(24)25/h2-9H,1H3,(H,19,22)(H,20,23)/t9-/m0/s1. The molecule has 0 fully saturated rings. The van der Waals surface area contributed by atoms with Gasteiger partial charge in [0, 0.05) is 11.1 Å². The van der Waals surface area contributed by atoms with Crippen LogP contribution in [0, 0.1) is 15.9 Å². The molecule has 0 aliphatic heterocycles. The molecule has 0 heterocycles. The number of halogens is 2. The Balaban J connectivity index is 1.98. The van der Waals surface area contributed by atoms with Crippen molar-refractivity contribution in [2.75, 3.05) is 0 Å². The predicted molar refractivity (Wildman–Crippen MR) is 90.2 cm³/mol. The zero-order valence-electron chi connectivity index (χ0n) is 13.4. The number of ether oxygens (including phenoxy) is 1. The molecule has 0 aliphatic rings. The van der Waals surface area contributed by atoms with Crippen molar-refractivity contribution in [1.29, 1.82) is 0 Å². The van der Waals surface area contributed by atoms with Crippen LogP contribution >= 0.6 is 11.6 Å². The van der Waals surface area contributed by atoms with Crippen molar-refractivity contribution < 1.29 is 23.6 Å². The first-order chi connectivity index (χ1) is 12.3. The van der Waals surface area contributed by atoms with E-state index in [2.05, 4.69) is 10.9 Å². The summed E-state index contributed by atoms with van der Waals surface area (Å²) in [6.07, 6.45) is -1.02. The molecule has 0 saturated carbocycles. The fourth-order valence-corrected chi connectivity index (χ4v) is 2.08. The van der Waals surface area contributed by atoms with Gasteiger partial charge in [-0.1, -0.05) is 11.6 Å². The Morgan fingerprint density at radius 2 is 1.85 bits per heavy atom. The zero-order valence-corrected chi connectivity index (χ0v) is 14.1. The van der Waals surface area contributed by atoms with Crippen LogP contribution < -0.4 is 15.6 Å². The molecule has 0 bridgehead atoms. The molecular weight excluding hydrogens is 369 g/mol. The van der Waals surface area contributed by atoms with Crippen LogP contribution in [0.1, 0.15) is 17.3 Å². The van der Waals surface area contributed by atoms with E-state index in [9.17, 15) is 24.1 Å². The van der Waals surface area contributed by atoms with Crippen molar-refractivity contribution in [3.63, 3.8) is 0 Å². The van der Waals surface area contributed by atoms with Crippen LogP contribution in [0.3, 0.4) is 0 Å². The van der Waals surface area contributed by atoms with Gasteiger partial charge in [-0.2, -0.15) is 0 Å². The zero-order chi connectivity index (χ0) is 19.3. The Morgan fingerprint density at radius 3 is 2.46 bits per heavy atom. The fraction of sp³-hybridized carbons (Fsp3) is 0.125. The van der Waals surface area contributed by atoms with Crippen LogP contribution in [0.4, 0.5) is 10.1 Å². The Bertz CT molecular complexity index is 844. The molecule has 0 saturated heterocycles. The number of amides is 2. The minimum absolute atomic E-state index is 0.125. The van der Waals surface area contributed by atoms with Crippen LogP contribution in [0.25, 0.3) is 0 Å². The highest BCUT2D eigenvalue weighted by molar-refractivity contribution is 6.31. The summed E-state index contributed by atoms with van der Waals surface area (Å²) in [6, 6.07) is 8.48. The van der Waals surface area contributed by atoms with E-state index in [0.717, 1.165) is 12.1 Å². The lowest BCUT2D eigenvalue weighted by Gasteiger charge is -2.15. The predicted octanol–water partition coefficient (Wildman–Crippen LogP) is 2.62. The molecule has 2 rings (SSSR count). The first-order valence-electron chi connectivity index (χ1n) is 7.24. The molecule has 2 aromatic carbocycles. The largest absolute Gasteiger partial charge is 0.481 e. The van der Waals surface area contributed by atoms with Crippen molar-refractivity contribution in [3.8, 4) is 5.75 Å². The molecule has 1 atom stereocenters. The van der Waals surface area contributed by atoms with E-state index in [1.54, 1.807) is 0 Å². The molecule has 136 valence electrons. The number of hydrogen-bond acceptors (Lipinski definition) is 5. The summed E-state index contributed by atoms with van der Waals surface area (Å²) in [6.45, 7) is 1.41. The molecular formula is C16H13ClFN3O5. The van der Waals surface area contributed by atoms with E-state index in [1.807, 2.05) is 0 Å². The number of carbonyl (C=O) groups excluding carboxylic acids is 2. The van der Waals surface area contributed by atoms with Crippen molar-refractivity contribution in [2.45, 2.75) is 13.0 Å². The summed E-state index contributed by atoms with van der Waals surface area (Å²) in [7, 11) is 0. The van der Waals surface area contributed by atoms with E-state index < -0.39 is 34.3 Å². The quantitative estimate of drug-likeness (QED) is 0.611. The molecule has 2 aromatic rings. The third-order valence-corrected chi connectivity index (χ3v) is 3.43. The Morgan fingerprint density at radius 1 is 1.19 bits per heavy atom. The Labute approximate surface area is 152 Å². The van der Waals surface area contributed by atoms with Gasteiger partial charge in [-0.15, -0.1) is 0 Å². The van der Waals surface area contributed by atoms with Gasteiger partial charge in [0.1, 0.15) is 17.1 Å². The normalized spacial score (nSPS) is 11.3. The minimum Gasteiger partial charge on any atom is -0.481 e. The van der Waals surface area contributed by atoms with E-state index in [4.69, 9.17) is 16.3 Å². The lowest BCUT2D eigenvalue weighted by Crippen LogP contribution is -2.47. The molecule has 0 radical (unpaired) electrons. The average Bonchev–Trinajstić information content (AvgIpc) is 2.60. The molecule has 0 unspecified atom stereocenters. The number of carbonyl (C=O) groups is 2. The number of benzene rings is 2. The second-order valence-corrected chi connectivity index (χ2v) is 5.51. The number of nitrogens with one attached hydrogen (secondary N) is 2. The maximum Gasteiger partial charge on any atom is 0.282 e. The third-order valence-electron chi connectivity index (χ3n) is 3.19. The highest BCUT2D eigenvalue weighted by atomic mass is 35.5. The fourth-order valence-electron chi connectivity index (χ4n) is 1.91. The van der Waals surface area contributed by atoms with E-state index in [0.29, 0.717) is 0 Å². The van der Waals surface area contributed by atoms with E-state index in [-0.39, 0.29) is 16.3 Å². The van der Waals surface area contributed by atoms with Gasteiger partial charge in [-0.3, -0.25) is 30.6 Å². The SMILES string of the molecule is C[C@H](Oc1ccc(F)cc1)C(=O)NNC(=O)c1cc(Cl)ccc1[N+](=O)[O-]. The summed E-state index contributed by atoms with van der Waals surface area (Å²) in [4.78, 5) is 34.2. The van der Waals surface area contributed by atoms with Gasteiger partial charge in [-0.05, 0) is 43.3 Å². The average molecular weight is 382 g/mol. The number of nitro groups is 1. The Hall–Kier alpha value is -3.20. The lowest BCUT2D eigenvalue weighted by atomic mass is 10.1. The smallest absolute Gasteiger partial charge is 0.282 e. The maximum absolute atomic E-state index is 12.8. The van der Waals surface area contributed by atoms with Gasteiger partial charge < -0.3 is 4.74 Å². The summed E-state index contributed by atoms with van der Waals surface area (Å²) < 4.78 is 18.1. The molecule has 2 amide bonds. The first kappa shape index (κ1) is 19.1. The Kier molecular flexibility index (Phi) is 6.07. The number of nitrogens with zero attached hydrogens (tertiary/aromatic N) is 1. The molecule has 10 heteroatoms. The van der Waals surface area contributed by atoms with Crippen LogP contribution in [-0.2, 0) is 4.79 Å². The lowest BCUT2D eigenvalue weighted by molar-refractivity contribution is -0.385. The van der Waals surface area contributed by atoms with Gasteiger partial charge in [0.05, 0.1) is 4.92 Å². The van der Waals surface area contributed by atoms with Gasteiger partial charge in [0.25, 0.3) is 17.5 Å². The highest BCUT2D eigenvalue weighted by Crippen LogP contribution is 2.22. The minimum atomic E-state index is -1.02. The molecule has 2 N–H and O–H groups in total. The first-order valence-corrected chi connectivity index (χ1v) is 7.62. The van der Waals surface area contributed by atoms with Crippen molar-refractivity contribution >= 4 is 29.1 Å². The molecule has 0 spiro atoms. The van der Waals surface area contributed by atoms with Crippen molar-refractivity contribution in [2.24, 2.45) is 0 Å². The van der Waals surface area contributed by atoms with Gasteiger partial charge >= 0.3 is 0 Å². The van der Waals surface area contributed by atoms with Crippen LogP contribution in [0.15, 0.2) is 42.5 Å². The van der Waals surface area contributed by atoms with Crippen molar-refractivity contribution in [1.82, 2.24) is 10.9 Å². The van der Waals surface area contributed by atoms with Crippen molar-refractivity contribution in [3.05, 3.63) is 69.0 Å². The highest BCUT2D eigenvalue weighted by Gasteiger charge is 2.22. The molecule has 8 nitrogen and oxygen atoms in total. The maximum atomic E-state index is 12.8. The number of hydrazine groups is 1. The molecule has 0 aliphatic carbocycles. The van der Waals surface area contributed by atoms with Crippen LogP contribution in [0.2, 0.25) is 5.02 Å². The third kappa shape index (κ3) is 4.90. The van der Waals surface area contributed by atoms with Gasteiger partial charge in [-0.25, -0.2) is 4.39 Å².